The van der Waals surface area contributed by atoms with Crippen LogP contribution in [0.2, 0.25) is 0 Å². The quantitative estimate of drug-likeness (QED) is 0.521. The average molecular weight is 406 g/mol. The maximum absolute atomic E-state index is 12.8. The highest BCUT2D eigenvalue weighted by atomic mass is 19.4. The topological polar surface area (TPSA) is 147 Å². The Labute approximate surface area is 153 Å². The molecule has 1 fully saturated rings. The molecule has 2 aromatic rings. The molecule has 0 radical (unpaired) electrons. The largest absolute Gasteiger partial charge is 0.479 e. The third-order valence-electron chi connectivity index (χ3n) is 4.08. The Balaban J connectivity index is 1.90. The van der Waals surface area contributed by atoms with E-state index in [-0.39, 0.29) is 16.7 Å². The lowest BCUT2D eigenvalue weighted by Gasteiger charge is -2.38. The van der Waals surface area contributed by atoms with Gasteiger partial charge in [0.05, 0.1) is 0 Å². The lowest BCUT2D eigenvalue weighted by atomic mass is 9.99. The van der Waals surface area contributed by atoms with Crippen LogP contribution < -0.4 is 10.4 Å². The van der Waals surface area contributed by atoms with Gasteiger partial charge in [0.2, 0.25) is 6.29 Å². The Bertz CT molecular complexity index is 955. The number of hydrogen-bond donors (Lipinski definition) is 4. The van der Waals surface area contributed by atoms with E-state index in [1.165, 1.54) is 0 Å². The molecule has 3 rings (SSSR count). The van der Waals surface area contributed by atoms with Crippen molar-refractivity contribution in [2.45, 2.75) is 36.9 Å². The number of fused-ring (bicyclic) bond motifs is 1. The van der Waals surface area contributed by atoms with Crippen molar-refractivity contribution in [3.63, 3.8) is 0 Å². The molecule has 0 aliphatic carbocycles. The van der Waals surface area contributed by atoms with Crippen molar-refractivity contribution in [1.82, 2.24) is 0 Å². The lowest BCUT2D eigenvalue weighted by molar-refractivity contribution is -0.271. The Hall–Kier alpha value is -2.67. The van der Waals surface area contributed by atoms with Crippen LogP contribution in [0.4, 0.5) is 13.2 Å². The van der Waals surface area contributed by atoms with Crippen molar-refractivity contribution in [3.05, 3.63) is 40.2 Å². The number of ether oxygens (including phenoxy) is 2. The van der Waals surface area contributed by atoms with E-state index in [1.54, 1.807) is 0 Å². The van der Waals surface area contributed by atoms with E-state index in [2.05, 4.69) is 4.42 Å². The van der Waals surface area contributed by atoms with Gasteiger partial charge in [-0.25, -0.2) is 9.59 Å². The molecule has 0 bridgehead atoms. The second kappa shape index (κ2) is 7.05. The maximum Gasteiger partial charge on any atom is 0.423 e. The molecule has 0 amide bonds. The Kier molecular flexibility index (Phi) is 5.06. The van der Waals surface area contributed by atoms with E-state index in [4.69, 9.17) is 14.6 Å². The van der Waals surface area contributed by atoms with Gasteiger partial charge in [-0.1, -0.05) is 0 Å². The number of carboxylic acids is 1. The summed E-state index contributed by atoms with van der Waals surface area (Å²) in [5, 5.41) is 38.2. The van der Waals surface area contributed by atoms with Crippen LogP contribution >= 0.6 is 0 Å². The summed E-state index contributed by atoms with van der Waals surface area (Å²) in [6.45, 7) is 0. The van der Waals surface area contributed by atoms with Crippen LogP contribution in [0.25, 0.3) is 11.0 Å². The van der Waals surface area contributed by atoms with Gasteiger partial charge in [0, 0.05) is 11.5 Å². The zero-order chi connectivity index (χ0) is 20.8. The number of aliphatic hydroxyl groups is 3. The Morgan fingerprint density at radius 1 is 1.07 bits per heavy atom. The van der Waals surface area contributed by atoms with Crippen LogP contribution in [0.5, 0.6) is 5.75 Å². The highest BCUT2D eigenvalue weighted by molar-refractivity contribution is 5.78. The molecule has 1 aromatic carbocycles. The second-order valence-corrected chi connectivity index (χ2v) is 6.00. The van der Waals surface area contributed by atoms with Gasteiger partial charge in [-0.3, -0.25) is 0 Å². The number of rotatable bonds is 3. The van der Waals surface area contributed by atoms with Crippen molar-refractivity contribution in [2.75, 3.05) is 0 Å². The van der Waals surface area contributed by atoms with E-state index in [1.807, 2.05) is 0 Å². The molecule has 152 valence electrons. The van der Waals surface area contributed by atoms with Gasteiger partial charge < -0.3 is 34.3 Å². The normalized spacial score (nSPS) is 28.3. The van der Waals surface area contributed by atoms with Gasteiger partial charge in [-0.15, -0.1) is 0 Å². The summed E-state index contributed by atoms with van der Waals surface area (Å²) in [7, 11) is 0. The van der Waals surface area contributed by atoms with Crippen LogP contribution in [0, 0.1) is 0 Å². The first-order valence-corrected chi connectivity index (χ1v) is 7.73. The summed E-state index contributed by atoms with van der Waals surface area (Å²) in [4.78, 5) is 22.6. The zero-order valence-electron chi connectivity index (χ0n) is 13.7. The molecule has 1 saturated heterocycles. The number of alkyl halides is 3. The first-order chi connectivity index (χ1) is 13.0. The van der Waals surface area contributed by atoms with Crippen molar-refractivity contribution in [3.8, 4) is 5.75 Å². The SMILES string of the molecule is O=C(O)[C@H]1O[C@@H](Oc2ccc3cc(C(F)(F)F)c(=O)oc3c2)[C@H](O)[C@@H](O)[C@@H]1O. The first-order valence-electron chi connectivity index (χ1n) is 7.73. The predicted octanol–water partition coefficient (Wildman–Crippen LogP) is 0.0828. The molecule has 1 aliphatic heterocycles. The molecule has 4 N–H and O–H groups in total. The fraction of sp³-hybridized carbons (Fsp3) is 0.375. The number of halogens is 3. The van der Waals surface area contributed by atoms with Crippen LogP contribution in [0.3, 0.4) is 0 Å². The monoisotopic (exact) mass is 406 g/mol. The first kappa shape index (κ1) is 20.1. The molecule has 5 atom stereocenters. The van der Waals surface area contributed by atoms with Gasteiger partial charge in [-0.05, 0) is 18.2 Å². The summed E-state index contributed by atoms with van der Waals surface area (Å²) >= 11 is 0. The molecule has 0 saturated carbocycles. The minimum atomic E-state index is -4.90. The van der Waals surface area contributed by atoms with Crippen molar-refractivity contribution in [1.29, 1.82) is 0 Å². The van der Waals surface area contributed by atoms with Crippen LogP contribution in [0.15, 0.2) is 33.5 Å². The number of hydrogen-bond acceptors (Lipinski definition) is 8. The fourth-order valence-corrected chi connectivity index (χ4v) is 2.65. The van der Waals surface area contributed by atoms with Crippen LogP contribution in [0.1, 0.15) is 5.56 Å². The number of carbonyl (C=O) groups is 1. The van der Waals surface area contributed by atoms with Crippen LogP contribution in [-0.4, -0.2) is 57.1 Å². The summed E-state index contributed by atoms with van der Waals surface area (Å²) in [6.07, 6.45) is -14.2. The summed E-state index contributed by atoms with van der Waals surface area (Å²) in [5.74, 6) is -1.77. The van der Waals surface area contributed by atoms with Gasteiger partial charge in [-0.2, -0.15) is 13.2 Å². The molecule has 0 spiro atoms. The van der Waals surface area contributed by atoms with Gasteiger partial charge in [0.25, 0.3) is 0 Å². The number of aliphatic hydroxyl groups excluding tert-OH is 3. The minimum absolute atomic E-state index is 0.0664. The van der Waals surface area contributed by atoms with Crippen LogP contribution in [-0.2, 0) is 15.7 Å². The van der Waals surface area contributed by atoms with Gasteiger partial charge in [0.15, 0.2) is 6.10 Å². The van der Waals surface area contributed by atoms with Crippen molar-refractivity contribution < 1.29 is 52.3 Å². The molecular weight excluding hydrogens is 393 g/mol. The number of carboxylic acid groups (broad SMARTS) is 1. The predicted molar refractivity (Wildman–Crippen MR) is 82.4 cm³/mol. The van der Waals surface area contributed by atoms with E-state index in [0.717, 1.165) is 18.2 Å². The molecule has 2 heterocycles. The number of benzene rings is 1. The third kappa shape index (κ3) is 3.67. The van der Waals surface area contributed by atoms with E-state index < -0.39 is 54.0 Å². The van der Waals surface area contributed by atoms with E-state index in [9.17, 15) is 38.1 Å². The molecule has 28 heavy (non-hydrogen) atoms. The van der Waals surface area contributed by atoms with Crippen molar-refractivity contribution in [2.24, 2.45) is 0 Å². The molecule has 0 unspecified atom stereocenters. The molecular formula is C16H13F3O9. The Morgan fingerprint density at radius 3 is 2.36 bits per heavy atom. The van der Waals surface area contributed by atoms with Gasteiger partial charge in [0.1, 0.15) is 35.2 Å². The maximum atomic E-state index is 12.8. The Morgan fingerprint density at radius 2 is 1.75 bits per heavy atom. The highest BCUT2D eigenvalue weighted by Gasteiger charge is 2.48. The summed E-state index contributed by atoms with van der Waals surface area (Å²) in [6, 6.07) is 3.92. The highest BCUT2D eigenvalue weighted by Crippen LogP contribution is 2.31. The summed E-state index contributed by atoms with van der Waals surface area (Å²) in [5.41, 5.74) is -3.37. The van der Waals surface area contributed by atoms with E-state index in [0.29, 0.717) is 6.07 Å². The molecule has 1 aromatic heterocycles. The zero-order valence-corrected chi connectivity index (χ0v) is 13.7. The minimum Gasteiger partial charge on any atom is -0.479 e. The lowest BCUT2D eigenvalue weighted by Crippen LogP contribution is -2.61. The second-order valence-electron chi connectivity index (χ2n) is 6.00. The standard InChI is InChI=1S/C16H13F3O9/c17-16(18,19)7-3-5-1-2-6(4-8(5)27-14(7)25)26-15-11(22)9(20)10(21)12(28-15)13(23)24/h1-4,9-12,15,20-22H,(H,23,24)/t9-,10-,11+,12-,15+/m0/s1. The smallest absolute Gasteiger partial charge is 0.423 e. The summed E-state index contributed by atoms with van der Waals surface area (Å²) < 4.78 is 53.0. The molecule has 1 aliphatic rings. The molecule has 9 nitrogen and oxygen atoms in total. The van der Waals surface area contributed by atoms with E-state index >= 15 is 0 Å². The third-order valence-corrected chi connectivity index (χ3v) is 4.08. The molecule has 12 heteroatoms. The van der Waals surface area contributed by atoms with Gasteiger partial charge >= 0.3 is 17.8 Å². The van der Waals surface area contributed by atoms with Crippen molar-refractivity contribution >= 4 is 16.9 Å². The number of aliphatic carboxylic acids is 1. The average Bonchev–Trinajstić information content (AvgIpc) is 2.60. The fourth-order valence-electron chi connectivity index (χ4n) is 2.65.